The number of imidazole rings is 1. The minimum atomic E-state index is 0.495. The summed E-state index contributed by atoms with van der Waals surface area (Å²) in [4.78, 5) is 15.6. The molecule has 0 aromatic carbocycles. The maximum Gasteiger partial charge on any atom is 0.202 e. The second-order valence-electron chi connectivity index (χ2n) is 4.01. The van der Waals surface area contributed by atoms with Gasteiger partial charge in [0.1, 0.15) is 11.8 Å². The van der Waals surface area contributed by atoms with Gasteiger partial charge in [-0.1, -0.05) is 0 Å². The van der Waals surface area contributed by atoms with E-state index in [1.807, 2.05) is 0 Å². The Hall–Kier alpha value is -1.69. The summed E-state index contributed by atoms with van der Waals surface area (Å²) in [5.74, 6) is 0.794. The fourth-order valence-corrected chi connectivity index (χ4v) is 1.99. The van der Waals surface area contributed by atoms with E-state index < -0.39 is 0 Å². The number of piperidine rings is 1. The average Bonchev–Trinajstić information content (AvgIpc) is 2.72. The van der Waals surface area contributed by atoms with Crippen LogP contribution < -0.4 is 10.6 Å². The molecule has 0 unspecified atom stereocenters. The summed E-state index contributed by atoms with van der Waals surface area (Å²) in [7, 11) is 0. The first-order valence-corrected chi connectivity index (χ1v) is 5.55. The summed E-state index contributed by atoms with van der Waals surface area (Å²) in [6.07, 6.45) is 5.49. The lowest BCUT2D eigenvalue weighted by Gasteiger charge is -2.23. The average molecular weight is 218 g/mol. The van der Waals surface area contributed by atoms with Gasteiger partial charge in [-0.2, -0.15) is 0 Å². The van der Waals surface area contributed by atoms with Crippen molar-refractivity contribution in [1.29, 1.82) is 0 Å². The summed E-state index contributed by atoms with van der Waals surface area (Å²) in [6.45, 7) is 2.13. The summed E-state index contributed by atoms with van der Waals surface area (Å²) < 4.78 is 0. The van der Waals surface area contributed by atoms with Crippen LogP contribution in [0.25, 0.3) is 11.2 Å². The molecule has 0 bridgehead atoms. The molecule has 3 heterocycles. The lowest BCUT2D eigenvalue weighted by molar-refractivity contribution is 0.477. The van der Waals surface area contributed by atoms with Gasteiger partial charge in [-0.3, -0.25) is 0 Å². The monoisotopic (exact) mass is 218 g/mol. The second-order valence-corrected chi connectivity index (χ2v) is 4.01. The molecule has 1 aliphatic rings. The van der Waals surface area contributed by atoms with Gasteiger partial charge in [-0.05, 0) is 25.9 Å². The van der Waals surface area contributed by atoms with Crippen molar-refractivity contribution >= 4 is 17.1 Å². The molecule has 2 aromatic heterocycles. The zero-order chi connectivity index (χ0) is 10.8. The number of H-pyrrole nitrogens is 1. The molecule has 0 amide bonds. The van der Waals surface area contributed by atoms with Gasteiger partial charge in [-0.25, -0.2) is 15.0 Å². The minimum absolute atomic E-state index is 0.495. The van der Waals surface area contributed by atoms with Crippen LogP contribution >= 0.6 is 0 Å². The van der Waals surface area contributed by atoms with E-state index >= 15 is 0 Å². The van der Waals surface area contributed by atoms with Gasteiger partial charge in [-0.15, -0.1) is 0 Å². The van der Waals surface area contributed by atoms with Crippen LogP contribution in [0.1, 0.15) is 12.8 Å². The first-order valence-electron chi connectivity index (χ1n) is 5.55. The normalized spacial score (nSPS) is 17.8. The molecule has 0 radical (unpaired) electrons. The van der Waals surface area contributed by atoms with Crippen molar-refractivity contribution in [3.63, 3.8) is 0 Å². The number of hydrogen-bond donors (Lipinski definition) is 3. The van der Waals surface area contributed by atoms with Crippen molar-refractivity contribution in [2.24, 2.45) is 0 Å². The van der Waals surface area contributed by atoms with Crippen molar-refractivity contribution < 1.29 is 0 Å². The van der Waals surface area contributed by atoms with Gasteiger partial charge < -0.3 is 15.6 Å². The largest absolute Gasteiger partial charge is 0.353 e. The number of aromatic amines is 1. The molecule has 3 rings (SSSR count). The molecule has 6 nitrogen and oxygen atoms in total. The van der Waals surface area contributed by atoms with E-state index in [4.69, 9.17) is 0 Å². The molecule has 1 aliphatic heterocycles. The van der Waals surface area contributed by atoms with Crippen molar-refractivity contribution in [3.05, 3.63) is 12.5 Å². The topological polar surface area (TPSA) is 78.5 Å². The first kappa shape index (κ1) is 9.53. The molecule has 6 heteroatoms. The van der Waals surface area contributed by atoms with Gasteiger partial charge in [0.05, 0.1) is 6.20 Å². The Balaban J connectivity index is 1.78. The van der Waals surface area contributed by atoms with Crippen molar-refractivity contribution in [3.8, 4) is 0 Å². The molecule has 16 heavy (non-hydrogen) atoms. The van der Waals surface area contributed by atoms with Crippen LogP contribution in [0.15, 0.2) is 12.5 Å². The van der Waals surface area contributed by atoms with Crippen LogP contribution in [0.4, 0.5) is 5.95 Å². The molecule has 2 aromatic rings. The SMILES string of the molecule is c1ncc2nc(NC3CCNCC3)[nH]c2n1. The number of aromatic nitrogens is 4. The Morgan fingerprint density at radius 1 is 1.31 bits per heavy atom. The fraction of sp³-hybridized carbons (Fsp3) is 0.500. The van der Waals surface area contributed by atoms with Gasteiger partial charge in [0.25, 0.3) is 0 Å². The third-order valence-electron chi connectivity index (χ3n) is 2.84. The van der Waals surface area contributed by atoms with E-state index in [0.29, 0.717) is 6.04 Å². The third kappa shape index (κ3) is 1.83. The molecule has 0 atom stereocenters. The van der Waals surface area contributed by atoms with Crippen molar-refractivity contribution in [2.45, 2.75) is 18.9 Å². The number of rotatable bonds is 2. The highest BCUT2D eigenvalue weighted by Crippen LogP contribution is 2.13. The van der Waals surface area contributed by atoms with E-state index in [1.165, 1.54) is 6.33 Å². The molecule has 3 N–H and O–H groups in total. The van der Waals surface area contributed by atoms with Crippen LogP contribution in [0.2, 0.25) is 0 Å². The highest BCUT2D eigenvalue weighted by molar-refractivity contribution is 5.71. The van der Waals surface area contributed by atoms with Crippen LogP contribution in [0, 0.1) is 0 Å². The molecule has 0 saturated carbocycles. The minimum Gasteiger partial charge on any atom is -0.353 e. The van der Waals surface area contributed by atoms with Crippen molar-refractivity contribution in [1.82, 2.24) is 25.3 Å². The Bertz CT molecular complexity index is 440. The van der Waals surface area contributed by atoms with E-state index in [1.54, 1.807) is 6.20 Å². The Morgan fingerprint density at radius 2 is 2.19 bits per heavy atom. The van der Waals surface area contributed by atoms with Crippen LogP contribution in [0.3, 0.4) is 0 Å². The maximum absolute atomic E-state index is 4.39. The highest BCUT2D eigenvalue weighted by Gasteiger charge is 2.14. The molecule has 1 fully saturated rings. The van der Waals surface area contributed by atoms with Gasteiger partial charge in [0, 0.05) is 6.04 Å². The molecular formula is C10H14N6. The summed E-state index contributed by atoms with van der Waals surface area (Å²) in [5.41, 5.74) is 1.59. The van der Waals surface area contributed by atoms with E-state index in [0.717, 1.165) is 43.0 Å². The summed E-state index contributed by atoms with van der Waals surface area (Å²) in [5, 5.41) is 6.73. The predicted molar refractivity (Wildman–Crippen MR) is 61.2 cm³/mol. The van der Waals surface area contributed by atoms with Gasteiger partial charge >= 0.3 is 0 Å². The number of nitrogens with one attached hydrogen (secondary N) is 3. The molecule has 84 valence electrons. The van der Waals surface area contributed by atoms with Crippen LogP contribution in [-0.2, 0) is 0 Å². The number of anilines is 1. The molecular weight excluding hydrogens is 204 g/mol. The smallest absolute Gasteiger partial charge is 0.202 e. The zero-order valence-corrected chi connectivity index (χ0v) is 8.90. The Kier molecular flexibility index (Phi) is 2.41. The van der Waals surface area contributed by atoms with Gasteiger partial charge in [0.2, 0.25) is 5.95 Å². The number of nitrogens with zero attached hydrogens (tertiary/aromatic N) is 3. The van der Waals surface area contributed by atoms with E-state index in [9.17, 15) is 0 Å². The predicted octanol–water partition coefficient (Wildman–Crippen LogP) is 0.517. The molecule has 0 aliphatic carbocycles. The first-order chi connectivity index (χ1) is 7.92. The summed E-state index contributed by atoms with van der Waals surface area (Å²) in [6, 6.07) is 0.495. The third-order valence-corrected chi connectivity index (χ3v) is 2.84. The quantitative estimate of drug-likeness (QED) is 0.684. The molecule has 0 spiro atoms. The zero-order valence-electron chi connectivity index (χ0n) is 8.90. The highest BCUT2D eigenvalue weighted by atomic mass is 15.2. The Morgan fingerprint density at radius 3 is 3.00 bits per heavy atom. The second kappa shape index (κ2) is 4.05. The van der Waals surface area contributed by atoms with Gasteiger partial charge in [0.15, 0.2) is 5.65 Å². The summed E-state index contributed by atoms with van der Waals surface area (Å²) >= 11 is 0. The van der Waals surface area contributed by atoms with Crippen LogP contribution in [-0.4, -0.2) is 39.1 Å². The van der Waals surface area contributed by atoms with Crippen LogP contribution in [0.5, 0.6) is 0 Å². The van der Waals surface area contributed by atoms with E-state index in [2.05, 4.69) is 30.6 Å². The Labute approximate surface area is 92.9 Å². The standard InChI is InChI=1S/C10H14N6/c1-3-11-4-2-7(1)14-10-15-8-5-12-6-13-9(8)16-10/h5-7,11H,1-4H2,(H2,12,13,14,15,16). The molecule has 1 saturated heterocycles. The lowest BCUT2D eigenvalue weighted by Crippen LogP contribution is -2.35. The lowest BCUT2D eigenvalue weighted by atomic mass is 10.1. The number of hydrogen-bond acceptors (Lipinski definition) is 5. The van der Waals surface area contributed by atoms with E-state index in [-0.39, 0.29) is 0 Å². The fourth-order valence-electron chi connectivity index (χ4n) is 1.99. The maximum atomic E-state index is 4.39. The number of fused-ring (bicyclic) bond motifs is 1. The van der Waals surface area contributed by atoms with Crippen molar-refractivity contribution in [2.75, 3.05) is 18.4 Å².